The van der Waals surface area contributed by atoms with E-state index in [1.54, 1.807) is 6.92 Å². The van der Waals surface area contributed by atoms with E-state index in [0.29, 0.717) is 6.42 Å². The molecule has 0 saturated carbocycles. The van der Waals surface area contributed by atoms with E-state index in [9.17, 15) is 13.2 Å². The van der Waals surface area contributed by atoms with Crippen molar-refractivity contribution in [2.24, 2.45) is 0 Å². The van der Waals surface area contributed by atoms with Gasteiger partial charge in [-0.05, 0) is 6.42 Å². The van der Waals surface area contributed by atoms with Crippen LogP contribution in [0.4, 0.5) is 13.2 Å². The summed E-state index contributed by atoms with van der Waals surface area (Å²) in [5, 5.41) is 0. The minimum absolute atomic E-state index is 0.150. The Morgan fingerprint density at radius 2 is 1.50 bits per heavy atom. The van der Waals surface area contributed by atoms with Gasteiger partial charge in [-0.15, -0.1) is 0 Å². The van der Waals surface area contributed by atoms with Crippen molar-refractivity contribution >= 4 is 0 Å². The van der Waals surface area contributed by atoms with Crippen LogP contribution < -0.4 is 0 Å². The lowest BCUT2D eigenvalue weighted by molar-refractivity contribution is 0.369. The predicted molar refractivity (Wildman–Crippen MR) is 36.6 cm³/mol. The van der Waals surface area contributed by atoms with Gasteiger partial charge >= 0.3 is 6.08 Å². The molecule has 0 aliphatic rings. The Labute approximate surface area is 59.7 Å². The van der Waals surface area contributed by atoms with Gasteiger partial charge in [-0.2, -0.15) is 8.78 Å². The minimum atomic E-state index is -2.19. The van der Waals surface area contributed by atoms with Crippen LogP contribution in [0.5, 0.6) is 0 Å². The fraction of sp³-hybridized carbons (Fsp3) is 0.714. The lowest BCUT2D eigenvalue weighted by atomic mass is 10.3. The highest BCUT2D eigenvalue weighted by molar-refractivity contribution is 4.90. The first-order chi connectivity index (χ1) is 4.68. The summed E-state index contributed by atoms with van der Waals surface area (Å²) in [5.41, 5.74) is 0. The number of allylic oxidation sites excluding steroid dienone is 1. The smallest absolute Gasteiger partial charge is 0.206 e. The van der Waals surface area contributed by atoms with E-state index < -0.39 is 11.9 Å². The Bertz CT molecular complexity index is 93.0. The summed E-state index contributed by atoms with van der Waals surface area (Å²) >= 11 is 0. The maximum Gasteiger partial charge on any atom is 0.301 e. The number of hydrogen-bond acceptors (Lipinski definition) is 0. The van der Waals surface area contributed by atoms with Crippen LogP contribution in [0, 0.1) is 0 Å². The third kappa shape index (κ3) is 7.53. The Morgan fingerprint density at radius 1 is 1.10 bits per heavy atom. The average molecular weight is 154 g/mol. The molecule has 0 atom stereocenters. The monoisotopic (exact) mass is 154 g/mol. The van der Waals surface area contributed by atoms with Crippen LogP contribution in [-0.4, -0.2) is 0 Å². The average Bonchev–Trinajstić information content (AvgIpc) is 1.93. The summed E-state index contributed by atoms with van der Waals surface area (Å²) in [6.07, 6.45) is -1.92. The zero-order chi connectivity index (χ0) is 8.57. The number of rotatable bonds is 2. The van der Waals surface area contributed by atoms with Gasteiger partial charge in [0.1, 0.15) is 0 Å². The quantitative estimate of drug-likeness (QED) is 0.566. The second-order valence-corrected chi connectivity index (χ2v) is 1.42. The van der Waals surface area contributed by atoms with Crippen molar-refractivity contribution in [1.82, 2.24) is 0 Å². The molecule has 0 radical (unpaired) electrons. The van der Waals surface area contributed by atoms with Gasteiger partial charge in [-0.3, -0.25) is 0 Å². The molecule has 0 amide bonds. The Morgan fingerprint density at radius 3 is 1.60 bits per heavy atom. The topological polar surface area (TPSA) is 0 Å². The van der Waals surface area contributed by atoms with E-state index in [1.165, 1.54) is 0 Å². The van der Waals surface area contributed by atoms with Crippen LogP contribution >= 0.6 is 0 Å². The molecule has 10 heavy (non-hydrogen) atoms. The van der Waals surface area contributed by atoms with Gasteiger partial charge in [0, 0.05) is 6.42 Å². The molecule has 0 aliphatic carbocycles. The van der Waals surface area contributed by atoms with Crippen LogP contribution in [0.2, 0.25) is 0 Å². The van der Waals surface area contributed by atoms with Gasteiger partial charge in [-0.25, -0.2) is 4.39 Å². The Hall–Kier alpha value is -0.470. The Kier molecular flexibility index (Phi) is 10.4. The summed E-state index contributed by atoms with van der Waals surface area (Å²) in [6, 6.07) is 0. The maximum absolute atomic E-state index is 11.7. The first-order valence-electron chi connectivity index (χ1n) is 3.38. The van der Waals surface area contributed by atoms with Crippen LogP contribution in [0.25, 0.3) is 0 Å². The first kappa shape index (κ1) is 12.2. The summed E-state index contributed by atoms with van der Waals surface area (Å²) in [6.45, 7) is 5.64. The molecule has 0 aliphatic heterocycles. The molecule has 0 N–H and O–H groups in total. The third-order valence-corrected chi connectivity index (χ3v) is 0.675. The van der Waals surface area contributed by atoms with Gasteiger partial charge in [0.05, 0.1) is 0 Å². The molecule has 0 unspecified atom stereocenters. The van der Waals surface area contributed by atoms with Crippen LogP contribution in [0.15, 0.2) is 11.9 Å². The van der Waals surface area contributed by atoms with E-state index in [0.717, 1.165) is 0 Å². The second kappa shape index (κ2) is 8.53. The molecule has 0 spiro atoms. The van der Waals surface area contributed by atoms with Crippen LogP contribution in [0.1, 0.15) is 33.6 Å². The van der Waals surface area contributed by atoms with Gasteiger partial charge < -0.3 is 0 Å². The molecule has 0 heterocycles. The molecule has 0 fully saturated rings. The van der Waals surface area contributed by atoms with Crippen molar-refractivity contribution < 1.29 is 13.2 Å². The molecule has 0 saturated heterocycles. The minimum Gasteiger partial charge on any atom is -0.206 e. The molecule has 0 bridgehead atoms. The molecule has 0 nitrogen and oxygen atoms in total. The Balaban J connectivity index is 0. The lowest BCUT2D eigenvalue weighted by Crippen LogP contribution is -1.73. The van der Waals surface area contributed by atoms with Crippen LogP contribution in [0.3, 0.4) is 0 Å². The summed E-state index contributed by atoms with van der Waals surface area (Å²) < 4.78 is 33.9. The molecule has 0 aromatic heterocycles. The third-order valence-electron chi connectivity index (χ3n) is 0.675. The van der Waals surface area contributed by atoms with Crippen LogP contribution in [-0.2, 0) is 0 Å². The fourth-order valence-electron chi connectivity index (χ4n) is 0.314. The SMILES string of the molecule is CC.CCCC(F)=C(F)F. The molecule has 3 heteroatoms. The molecule has 0 aromatic rings. The zero-order valence-electron chi connectivity index (χ0n) is 6.55. The van der Waals surface area contributed by atoms with Gasteiger partial charge in [0.2, 0.25) is 0 Å². The highest BCUT2D eigenvalue weighted by Crippen LogP contribution is 2.13. The van der Waals surface area contributed by atoms with E-state index in [2.05, 4.69) is 0 Å². The summed E-state index contributed by atoms with van der Waals surface area (Å²) in [7, 11) is 0. The molecule has 0 aromatic carbocycles. The standard InChI is InChI=1S/C5H7F3.C2H6/c1-2-3-4(6)5(7)8;1-2/h2-3H2,1H3;1-2H3. The van der Waals surface area contributed by atoms with Gasteiger partial charge in [-0.1, -0.05) is 20.8 Å². The van der Waals surface area contributed by atoms with E-state index in [4.69, 9.17) is 0 Å². The number of hydrogen-bond donors (Lipinski definition) is 0. The van der Waals surface area contributed by atoms with Crippen molar-refractivity contribution in [2.45, 2.75) is 33.6 Å². The van der Waals surface area contributed by atoms with Crippen molar-refractivity contribution in [3.8, 4) is 0 Å². The molecular formula is C7H13F3. The normalized spacial score (nSPS) is 7.80. The lowest BCUT2D eigenvalue weighted by Gasteiger charge is -1.87. The van der Waals surface area contributed by atoms with Crippen molar-refractivity contribution in [3.63, 3.8) is 0 Å². The van der Waals surface area contributed by atoms with Crippen molar-refractivity contribution in [1.29, 1.82) is 0 Å². The maximum atomic E-state index is 11.7. The van der Waals surface area contributed by atoms with E-state index in [1.807, 2.05) is 13.8 Å². The summed E-state index contributed by atoms with van der Waals surface area (Å²) in [5.74, 6) is -1.28. The predicted octanol–water partition coefficient (Wildman–Crippen LogP) is 3.89. The molecule has 62 valence electrons. The van der Waals surface area contributed by atoms with Crippen molar-refractivity contribution in [3.05, 3.63) is 11.9 Å². The molecule has 0 rings (SSSR count). The van der Waals surface area contributed by atoms with Gasteiger partial charge in [0.25, 0.3) is 0 Å². The highest BCUT2D eigenvalue weighted by Gasteiger charge is 2.00. The van der Waals surface area contributed by atoms with E-state index in [-0.39, 0.29) is 6.42 Å². The molecular weight excluding hydrogens is 141 g/mol. The summed E-state index contributed by atoms with van der Waals surface area (Å²) in [4.78, 5) is 0. The highest BCUT2D eigenvalue weighted by atomic mass is 19.3. The first-order valence-corrected chi connectivity index (χ1v) is 3.38. The fourth-order valence-corrected chi connectivity index (χ4v) is 0.314. The van der Waals surface area contributed by atoms with Crippen molar-refractivity contribution in [2.75, 3.05) is 0 Å². The zero-order valence-corrected chi connectivity index (χ0v) is 6.55. The number of halogens is 3. The van der Waals surface area contributed by atoms with E-state index >= 15 is 0 Å². The second-order valence-electron chi connectivity index (χ2n) is 1.42. The van der Waals surface area contributed by atoms with Gasteiger partial charge in [0.15, 0.2) is 5.83 Å². The largest absolute Gasteiger partial charge is 0.301 e.